The minimum Gasteiger partial charge on any atom is -0.328 e. The zero-order valence-electron chi connectivity index (χ0n) is 9.99. The Morgan fingerprint density at radius 2 is 2.20 bits per heavy atom. The van der Waals surface area contributed by atoms with Gasteiger partial charge >= 0.3 is 0 Å². The van der Waals surface area contributed by atoms with E-state index in [1.165, 1.54) is 58.4 Å². The second-order valence-electron chi connectivity index (χ2n) is 5.25. The van der Waals surface area contributed by atoms with Crippen LogP contribution in [-0.4, -0.2) is 54.6 Å². The molecule has 3 heteroatoms. The van der Waals surface area contributed by atoms with E-state index in [4.69, 9.17) is 5.73 Å². The van der Waals surface area contributed by atoms with Crippen LogP contribution in [0, 0.1) is 0 Å². The lowest BCUT2D eigenvalue weighted by atomic mass is 10.1. The Kier molecular flexibility index (Phi) is 4.00. The molecule has 3 nitrogen and oxygen atoms in total. The molecule has 0 amide bonds. The lowest BCUT2D eigenvalue weighted by molar-refractivity contribution is 0.103. The summed E-state index contributed by atoms with van der Waals surface area (Å²) in [6.45, 7) is 8.58. The van der Waals surface area contributed by atoms with Crippen LogP contribution in [-0.2, 0) is 0 Å². The minimum absolute atomic E-state index is 0.373. The Morgan fingerprint density at radius 1 is 1.33 bits per heavy atom. The summed E-state index contributed by atoms with van der Waals surface area (Å²) in [5.41, 5.74) is 5.77. The predicted octanol–water partition coefficient (Wildman–Crippen LogP) is 0.894. The molecule has 2 rings (SSSR count). The highest BCUT2D eigenvalue weighted by molar-refractivity contribution is 4.86. The van der Waals surface area contributed by atoms with Crippen LogP contribution < -0.4 is 5.73 Å². The Bertz CT molecular complexity index is 193. The van der Waals surface area contributed by atoms with E-state index in [0.717, 1.165) is 6.04 Å². The number of nitrogens with zero attached hydrogens (tertiary/aromatic N) is 2. The van der Waals surface area contributed by atoms with Gasteiger partial charge in [0.05, 0.1) is 0 Å². The number of hydrogen-bond acceptors (Lipinski definition) is 3. The molecule has 0 saturated carbocycles. The number of fused-ring (bicyclic) bond motifs is 1. The molecular formula is C12H25N3. The summed E-state index contributed by atoms with van der Waals surface area (Å²) in [7, 11) is 0. The summed E-state index contributed by atoms with van der Waals surface area (Å²) in [6, 6.07) is 1.24. The standard InChI is InChI=1S/C12H25N3/c1-11(13)4-2-6-14-8-9-15-7-3-5-12(15)10-14/h11-12H,2-10,13H2,1H3. The molecule has 0 aliphatic carbocycles. The van der Waals surface area contributed by atoms with Gasteiger partial charge in [0.15, 0.2) is 0 Å². The molecule has 0 aromatic carbocycles. The zero-order valence-corrected chi connectivity index (χ0v) is 9.99. The maximum Gasteiger partial charge on any atom is 0.0224 e. The second-order valence-corrected chi connectivity index (χ2v) is 5.25. The normalized spacial score (nSPS) is 30.4. The average molecular weight is 211 g/mol. The van der Waals surface area contributed by atoms with Gasteiger partial charge in [-0.3, -0.25) is 4.90 Å². The number of hydrogen-bond donors (Lipinski definition) is 1. The first kappa shape index (κ1) is 11.4. The van der Waals surface area contributed by atoms with E-state index in [1.807, 2.05) is 0 Å². The third kappa shape index (κ3) is 3.16. The van der Waals surface area contributed by atoms with Gasteiger partial charge in [-0.15, -0.1) is 0 Å². The molecule has 0 radical (unpaired) electrons. The highest BCUT2D eigenvalue weighted by Crippen LogP contribution is 2.21. The molecule has 2 fully saturated rings. The third-order valence-corrected chi connectivity index (χ3v) is 3.81. The SMILES string of the molecule is CC(N)CCCN1CCN2CCCC2C1. The lowest BCUT2D eigenvalue weighted by Gasteiger charge is -2.37. The van der Waals surface area contributed by atoms with Crippen molar-refractivity contribution in [1.82, 2.24) is 9.80 Å². The molecule has 2 aliphatic rings. The lowest BCUT2D eigenvalue weighted by Crippen LogP contribution is -2.50. The molecule has 15 heavy (non-hydrogen) atoms. The summed E-state index contributed by atoms with van der Waals surface area (Å²) < 4.78 is 0. The molecule has 2 atom stereocenters. The van der Waals surface area contributed by atoms with Crippen molar-refractivity contribution in [2.45, 2.75) is 44.7 Å². The number of nitrogens with two attached hydrogens (primary N) is 1. The molecule has 0 aromatic rings. The Balaban J connectivity index is 1.66. The van der Waals surface area contributed by atoms with Gasteiger partial charge in [0.1, 0.15) is 0 Å². The molecule has 2 aliphatic heterocycles. The largest absolute Gasteiger partial charge is 0.328 e. The average Bonchev–Trinajstić information content (AvgIpc) is 2.64. The summed E-state index contributed by atoms with van der Waals surface area (Å²) in [5, 5.41) is 0. The van der Waals surface area contributed by atoms with Crippen LogP contribution in [0.3, 0.4) is 0 Å². The molecule has 2 saturated heterocycles. The van der Waals surface area contributed by atoms with Crippen LogP contribution in [0.2, 0.25) is 0 Å². The van der Waals surface area contributed by atoms with Crippen molar-refractivity contribution in [2.24, 2.45) is 5.73 Å². The number of rotatable bonds is 4. The van der Waals surface area contributed by atoms with Crippen molar-refractivity contribution in [3.05, 3.63) is 0 Å². The van der Waals surface area contributed by atoms with Crippen LogP contribution in [0.1, 0.15) is 32.6 Å². The van der Waals surface area contributed by atoms with Crippen molar-refractivity contribution < 1.29 is 0 Å². The van der Waals surface area contributed by atoms with Crippen molar-refractivity contribution in [1.29, 1.82) is 0 Å². The van der Waals surface area contributed by atoms with Gasteiger partial charge in [-0.25, -0.2) is 0 Å². The van der Waals surface area contributed by atoms with E-state index >= 15 is 0 Å². The quantitative estimate of drug-likeness (QED) is 0.750. The Morgan fingerprint density at radius 3 is 3.00 bits per heavy atom. The van der Waals surface area contributed by atoms with E-state index in [2.05, 4.69) is 16.7 Å². The van der Waals surface area contributed by atoms with Gasteiger partial charge in [-0.1, -0.05) is 0 Å². The highest BCUT2D eigenvalue weighted by atomic mass is 15.3. The smallest absolute Gasteiger partial charge is 0.0224 e. The fraction of sp³-hybridized carbons (Fsp3) is 1.00. The van der Waals surface area contributed by atoms with Crippen molar-refractivity contribution in [3.63, 3.8) is 0 Å². The summed E-state index contributed by atoms with van der Waals surface area (Å²) in [4.78, 5) is 5.30. The van der Waals surface area contributed by atoms with E-state index in [0.29, 0.717) is 6.04 Å². The molecule has 88 valence electrons. The van der Waals surface area contributed by atoms with E-state index in [-0.39, 0.29) is 0 Å². The van der Waals surface area contributed by atoms with Crippen LogP contribution in [0.4, 0.5) is 0 Å². The maximum absolute atomic E-state index is 5.77. The monoisotopic (exact) mass is 211 g/mol. The number of piperazine rings is 1. The molecule has 0 bridgehead atoms. The topological polar surface area (TPSA) is 32.5 Å². The summed E-state index contributed by atoms with van der Waals surface area (Å²) in [6.07, 6.45) is 5.28. The van der Waals surface area contributed by atoms with Crippen molar-refractivity contribution in [2.75, 3.05) is 32.7 Å². The summed E-state index contributed by atoms with van der Waals surface area (Å²) >= 11 is 0. The minimum atomic E-state index is 0.373. The summed E-state index contributed by atoms with van der Waals surface area (Å²) in [5.74, 6) is 0. The Hall–Kier alpha value is -0.120. The third-order valence-electron chi connectivity index (χ3n) is 3.81. The van der Waals surface area contributed by atoms with Crippen molar-refractivity contribution in [3.8, 4) is 0 Å². The van der Waals surface area contributed by atoms with E-state index < -0.39 is 0 Å². The molecule has 2 heterocycles. The van der Waals surface area contributed by atoms with Gasteiger partial charge in [0.2, 0.25) is 0 Å². The van der Waals surface area contributed by atoms with Gasteiger partial charge in [-0.2, -0.15) is 0 Å². The first-order chi connectivity index (χ1) is 7.25. The van der Waals surface area contributed by atoms with Gasteiger partial charge in [0, 0.05) is 31.7 Å². The van der Waals surface area contributed by atoms with Crippen LogP contribution in [0.5, 0.6) is 0 Å². The van der Waals surface area contributed by atoms with E-state index in [9.17, 15) is 0 Å². The maximum atomic E-state index is 5.77. The van der Waals surface area contributed by atoms with Gasteiger partial charge in [-0.05, 0) is 45.7 Å². The predicted molar refractivity (Wildman–Crippen MR) is 63.9 cm³/mol. The highest BCUT2D eigenvalue weighted by Gasteiger charge is 2.29. The molecule has 0 aromatic heterocycles. The second kappa shape index (κ2) is 5.28. The molecule has 2 unspecified atom stereocenters. The fourth-order valence-corrected chi connectivity index (χ4v) is 2.90. The van der Waals surface area contributed by atoms with Crippen LogP contribution in [0.25, 0.3) is 0 Å². The van der Waals surface area contributed by atoms with Crippen LogP contribution in [0.15, 0.2) is 0 Å². The van der Waals surface area contributed by atoms with Crippen molar-refractivity contribution >= 4 is 0 Å². The fourth-order valence-electron chi connectivity index (χ4n) is 2.90. The zero-order chi connectivity index (χ0) is 10.7. The van der Waals surface area contributed by atoms with Gasteiger partial charge < -0.3 is 10.6 Å². The van der Waals surface area contributed by atoms with Crippen LogP contribution >= 0.6 is 0 Å². The molecular weight excluding hydrogens is 186 g/mol. The first-order valence-corrected chi connectivity index (χ1v) is 6.47. The first-order valence-electron chi connectivity index (χ1n) is 6.47. The van der Waals surface area contributed by atoms with E-state index in [1.54, 1.807) is 0 Å². The Labute approximate surface area is 93.6 Å². The molecule has 2 N–H and O–H groups in total. The molecule has 0 spiro atoms. The van der Waals surface area contributed by atoms with Gasteiger partial charge in [0.25, 0.3) is 0 Å².